The van der Waals surface area contributed by atoms with Crippen molar-refractivity contribution < 1.29 is 19.1 Å². The summed E-state index contributed by atoms with van der Waals surface area (Å²) in [6.07, 6.45) is 0.938. The summed E-state index contributed by atoms with van der Waals surface area (Å²) in [7, 11) is 1.59. The molecule has 3 rings (SSSR count). The fourth-order valence-electron chi connectivity index (χ4n) is 2.93. The lowest BCUT2D eigenvalue weighted by Crippen LogP contribution is -2.47. The normalized spacial score (nSPS) is 14.6. The smallest absolute Gasteiger partial charge is 0.412 e. The van der Waals surface area contributed by atoms with Gasteiger partial charge in [0.2, 0.25) is 0 Å². The average molecular weight is 354 g/mol. The van der Waals surface area contributed by atoms with Gasteiger partial charge in [-0.3, -0.25) is 4.79 Å². The molecule has 0 aromatic heterocycles. The van der Waals surface area contributed by atoms with Crippen LogP contribution in [0.1, 0.15) is 23.2 Å². The molecule has 2 amide bonds. The molecule has 1 N–H and O–H groups in total. The monoisotopic (exact) mass is 354 g/mol. The van der Waals surface area contributed by atoms with Gasteiger partial charge < -0.3 is 19.7 Å². The van der Waals surface area contributed by atoms with Gasteiger partial charge in [0.15, 0.2) is 0 Å². The Hall–Kier alpha value is -3.02. The molecule has 0 spiro atoms. The van der Waals surface area contributed by atoms with Crippen molar-refractivity contribution in [2.45, 2.75) is 18.9 Å². The molecule has 2 aromatic rings. The van der Waals surface area contributed by atoms with E-state index >= 15 is 0 Å². The molecule has 1 heterocycles. The zero-order chi connectivity index (χ0) is 18.4. The number of benzene rings is 2. The second-order valence-corrected chi connectivity index (χ2v) is 6.14. The van der Waals surface area contributed by atoms with Gasteiger partial charge in [0.1, 0.15) is 11.5 Å². The first kappa shape index (κ1) is 17.8. The standard InChI is InChI=1S/C20H22N2O4/c1-25-17-9-7-15(8-10-17)19(23)22-13-11-16(12-14-22)21-20(24)26-18-5-3-2-4-6-18/h2-10,16H,11-14H2,1H3,(H,21,24). The first-order chi connectivity index (χ1) is 12.7. The molecule has 1 saturated heterocycles. The lowest BCUT2D eigenvalue weighted by molar-refractivity contribution is 0.0706. The van der Waals surface area contributed by atoms with Gasteiger partial charge in [-0.05, 0) is 49.2 Å². The van der Waals surface area contributed by atoms with Gasteiger partial charge in [0, 0.05) is 24.7 Å². The molecular weight excluding hydrogens is 332 g/mol. The van der Waals surface area contributed by atoms with E-state index in [0.717, 1.165) is 5.75 Å². The summed E-state index contributed by atoms with van der Waals surface area (Å²) in [4.78, 5) is 26.3. The van der Waals surface area contributed by atoms with Crippen LogP contribution in [0, 0.1) is 0 Å². The minimum Gasteiger partial charge on any atom is -0.497 e. The Bertz CT molecular complexity index is 738. The number of carbonyl (C=O) groups excluding carboxylic acids is 2. The summed E-state index contributed by atoms with van der Waals surface area (Å²) in [5.41, 5.74) is 0.640. The number of hydrogen-bond donors (Lipinski definition) is 1. The SMILES string of the molecule is COc1ccc(C(=O)N2CCC(NC(=O)Oc3ccccc3)CC2)cc1. The Labute approximate surface area is 152 Å². The number of hydrogen-bond acceptors (Lipinski definition) is 4. The Morgan fingerprint density at radius 1 is 0.962 bits per heavy atom. The highest BCUT2D eigenvalue weighted by Gasteiger charge is 2.25. The Morgan fingerprint density at radius 2 is 1.62 bits per heavy atom. The van der Waals surface area contributed by atoms with E-state index in [1.54, 1.807) is 43.5 Å². The fraction of sp³-hybridized carbons (Fsp3) is 0.300. The minimum atomic E-state index is -0.462. The number of ether oxygens (including phenoxy) is 2. The van der Waals surface area contributed by atoms with Crippen LogP contribution in [0.15, 0.2) is 54.6 Å². The van der Waals surface area contributed by atoms with Crippen molar-refractivity contribution in [2.75, 3.05) is 20.2 Å². The molecule has 136 valence electrons. The number of para-hydroxylation sites is 1. The van der Waals surface area contributed by atoms with Crippen molar-refractivity contribution in [3.63, 3.8) is 0 Å². The Morgan fingerprint density at radius 3 is 2.23 bits per heavy atom. The summed E-state index contributed by atoms with van der Waals surface area (Å²) >= 11 is 0. The van der Waals surface area contributed by atoms with E-state index in [1.807, 2.05) is 23.1 Å². The quantitative estimate of drug-likeness (QED) is 0.916. The third-order valence-corrected chi connectivity index (χ3v) is 4.39. The highest BCUT2D eigenvalue weighted by molar-refractivity contribution is 5.94. The maximum Gasteiger partial charge on any atom is 0.412 e. The van der Waals surface area contributed by atoms with E-state index in [-0.39, 0.29) is 11.9 Å². The molecule has 0 aliphatic carbocycles. The van der Waals surface area contributed by atoms with Crippen LogP contribution in [0.25, 0.3) is 0 Å². The molecule has 6 nitrogen and oxygen atoms in total. The zero-order valence-electron chi connectivity index (χ0n) is 14.7. The molecule has 1 aliphatic heterocycles. The van der Waals surface area contributed by atoms with Gasteiger partial charge >= 0.3 is 6.09 Å². The number of rotatable bonds is 4. The average Bonchev–Trinajstić information content (AvgIpc) is 2.69. The van der Waals surface area contributed by atoms with Crippen molar-refractivity contribution in [3.8, 4) is 11.5 Å². The number of piperidine rings is 1. The third kappa shape index (κ3) is 4.53. The third-order valence-electron chi connectivity index (χ3n) is 4.39. The van der Waals surface area contributed by atoms with Gasteiger partial charge in [0.25, 0.3) is 5.91 Å². The van der Waals surface area contributed by atoms with Crippen LogP contribution in [-0.4, -0.2) is 43.1 Å². The largest absolute Gasteiger partial charge is 0.497 e. The molecule has 26 heavy (non-hydrogen) atoms. The van der Waals surface area contributed by atoms with Crippen molar-refractivity contribution in [3.05, 3.63) is 60.2 Å². The number of nitrogens with zero attached hydrogens (tertiary/aromatic N) is 1. The van der Waals surface area contributed by atoms with E-state index in [4.69, 9.17) is 9.47 Å². The van der Waals surface area contributed by atoms with Gasteiger partial charge in [0.05, 0.1) is 7.11 Å². The molecule has 0 saturated carbocycles. The van der Waals surface area contributed by atoms with Crippen LogP contribution in [0.2, 0.25) is 0 Å². The predicted octanol–water partition coefficient (Wildman–Crippen LogP) is 3.09. The van der Waals surface area contributed by atoms with E-state index < -0.39 is 6.09 Å². The number of amides is 2. The zero-order valence-corrected chi connectivity index (χ0v) is 14.7. The van der Waals surface area contributed by atoms with E-state index in [9.17, 15) is 9.59 Å². The Balaban J connectivity index is 1.47. The molecular formula is C20H22N2O4. The van der Waals surface area contributed by atoms with Crippen LogP contribution < -0.4 is 14.8 Å². The topological polar surface area (TPSA) is 67.9 Å². The van der Waals surface area contributed by atoms with Crippen molar-refractivity contribution in [1.82, 2.24) is 10.2 Å². The summed E-state index contributed by atoms with van der Waals surface area (Å²) in [6.45, 7) is 1.20. The molecule has 0 radical (unpaired) electrons. The molecule has 0 bridgehead atoms. The van der Waals surface area contributed by atoms with Crippen molar-refractivity contribution in [1.29, 1.82) is 0 Å². The highest BCUT2D eigenvalue weighted by atomic mass is 16.6. The van der Waals surface area contributed by atoms with Crippen LogP contribution in [0.3, 0.4) is 0 Å². The fourth-order valence-corrected chi connectivity index (χ4v) is 2.93. The second kappa shape index (κ2) is 8.38. The highest BCUT2D eigenvalue weighted by Crippen LogP contribution is 2.17. The van der Waals surface area contributed by atoms with E-state index in [1.165, 1.54) is 0 Å². The van der Waals surface area contributed by atoms with Gasteiger partial charge in [-0.1, -0.05) is 18.2 Å². The number of nitrogens with one attached hydrogen (secondary N) is 1. The Kier molecular flexibility index (Phi) is 5.73. The first-order valence-electron chi connectivity index (χ1n) is 8.62. The van der Waals surface area contributed by atoms with Crippen molar-refractivity contribution in [2.24, 2.45) is 0 Å². The summed E-state index contributed by atoms with van der Waals surface area (Å²) in [5, 5.41) is 2.87. The van der Waals surface area contributed by atoms with Crippen LogP contribution >= 0.6 is 0 Å². The maximum absolute atomic E-state index is 12.5. The predicted molar refractivity (Wildman–Crippen MR) is 97.5 cm³/mol. The number of likely N-dealkylation sites (tertiary alicyclic amines) is 1. The number of carbonyl (C=O) groups is 2. The second-order valence-electron chi connectivity index (χ2n) is 6.14. The van der Waals surface area contributed by atoms with Crippen LogP contribution in [0.5, 0.6) is 11.5 Å². The van der Waals surface area contributed by atoms with Crippen LogP contribution in [-0.2, 0) is 0 Å². The lowest BCUT2D eigenvalue weighted by atomic mass is 10.0. The van der Waals surface area contributed by atoms with E-state index in [2.05, 4.69) is 5.32 Å². The number of methoxy groups -OCH3 is 1. The van der Waals surface area contributed by atoms with Gasteiger partial charge in [-0.2, -0.15) is 0 Å². The molecule has 1 fully saturated rings. The first-order valence-corrected chi connectivity index (χ1v) is 8.62. The maximum atomic E-state index is 12.5. The van der Waals surface area contributed by atoms with E-state index in [0.29, 0.717) is 37.2 Å². The summed E-state index contributed by atoms with van der Waals surface area (Å²) in [6, 6.07) is 16.0. The molecule has 0 atom stereocenters. The van der Waals surface area contributed by atoms with Gasteiger partial charge in [-0.25, -0.2) is 4.79 Å². The molecule has 1 aliphatic rings. The van der Waals surface area contributed by atoms with Gasteiger partial charge in [-0.15, -0.1) is 0 Å². The van der Waals surface area contributed by atoms with Crippen molar-refractivity contribution >= 4 is 12.0 Å². The summed E-state index contributed by atoms with van der Waals surface area (Å²) < 4.78 is 10.4. The van der Waals surface area contributed by atoms with Crippen LogP contribution in [0.4, 0.5) is 4.79 Å². The molecule has 2 aromatic carbocycles. The minimum absolute atomic E-state index is 0.00188. The molecule has 6 heteroatoms. The lowest BCUT2D eigenvalue weighted by Gasteiger charge is -2.32. The summed E-state index contributed by atoms with van der Waals surface area (Å²) in [5.74, 6) is 1.23. The molecule has 0 unspecified atom stereocenters.